The summed E-state index contributed by atoms with van der Waals surface area (Å²) in [5.41, 5.74) is 3.82. The Kier molecular flexibility index (Phi) is 4.88. The van der Waals surface area contributed by atoms with Gasteiger partial charge in [-0.1, -0.05) is 13.0 Å². The Balaban J connectivity index is 1.87. The van der Waals surface area contributed by atoms with Gasteiger partial charge in [-0.15, -0.1) is 0 Å². The summed E-state index contributed by atoms with van der Waals surface area (Å²) < 4.78 is 10.5. The number of H-pyrrole nitrogens is 1. The van der Waals surface area contributed by atoms with E-state index in [1.807, 2.05) is 42.2 Å². The Hall–Kier alpha value is -3.48. The second-order valence-corrected chi connectivity index (χ2v) is 6.92. The fraction of sp³-hybridized carbons (Fsp3) is 0.273. The van der Waals surface area contributed by atoms with Crippen molar-refractivity contribution < 1.29 is 19.4 Å². The summed E-state index contributed by atoms with van der Waals surface area (Å²) in [6.45, 7) is 2.65. The van der Waals surface area contributed by atoms with Crippen molar-refractivity contribution in [1.29, 1.82) is 0 Å². The Morgan fingerprint density at radius 2 is 1.90 bits per heavy atom. The SMILES string of the molecule is CCCN1C(=O)c2[nH]nc(-c3ccc(OC)cc3)c2[C@@H]1c1ccc(O)c(OC)c1. The first kappa shape index (κ1) is 18.9. The molecule has 0 saturated carbocycles. The molecule has 0 saturated heterocycles. The van der Waals surface area contributed by atoms with Crippen molar-refractivity contribution in [3.05, 3.63) is 59.3 Å². The molecule has 2 aromatic carbocycles. The number of ether oxygens (including phenoxy) is 2. The topological polar surface area (TPSA) is 87.7 Å². The molecule has 7 nitrogen and oxygen atoms in total. The molecule has 29 heavy (non-hydrogen) atoms. The number of amides is 1. The van der Waals surface area contributed by atoms with Crippen LogP contribution in [0.15, 0.2) is 42.5 Å². The molecule has 0 bridgehead atoms. The third kappa shape index (κ3) is 3.08. The zero-order valence-electron chi connectivity index (χ0n) is 16.6. The van der Waals surface area contributed by atoms with Gasteiger partial charge in [0, 0.05) is 17.7 Å². The fourth-order valence-corrected chi connectivity index (χ4v) is 3.85. The Morgan fingerprint density at radius 1 is 1.14 bits per heavy atom. The van der Waals surface area contributed by atoms with E-state index in [0.717, 1.165) is 34.6 Å². The maximum absolute atomic E-state index is 13.1. The second kappa shape index (κ2) is 7.50. The van der Waals surface area contributed by atoms with Crippen LogP contribution in [0.25, 0.3) is 11.3 Å². The number of aromatic nitrogens is 2. The van der Waals surface area contributed by atoms with Crippen LogP contribution in [0.1, 0.15) is 41.0 Å². The summed E-state index contributed by atoms with van der Waals surface area (Å²) in [6.07, 6.45) is 0.826. The van der Waals surface area contributed by atoms with E-state index >= 15 is 0 Å². The summed E-state index contributed by atoms with van der Waals surface area (Å²) in [4.78, 5) is 14.9. The van der Waals surface area contributed by atoms with Crippen molar-refractivity contribution in [2.24, 2.45) is 0 Å². The van der Waals surface area contributed by atoms with Gasteiger partial charge in [-0.05, 0) is 48.4 Å². The zero-order valence-corrected chi connectivity index (χ0v) is 16.6. The van der Waals surface area contributed by atoms with Crippen LogP contribution in [-0.2, 0) is 0 Å². The first-order chi connectivity index (χ1) is 14.1. The first-order valence-electron chi connectivity index (χ1n) is 9.49. The van der Waals surface area contributed by atoms with E-state index in [9.17, 15) is 9.90 Å². The molecule has 1 aromatic heterocycles. The Labute approximate surface area is 168 Å². The normalized spacial score (nSPS) is 15.5. The van der Waals surface area contributed by atoms with E-state index in [1.54, 1.807) is 19.2 Å². The quantitative estimate of drug-likeness (QED) is 0.666. The number of carbonyl (C=O) groups excluding carboxylic acids is 1. The van der Waals surface area contributed by atoms with Gasteiger partial charge in [0.1, 0.15) is 11.4 Å². The highest BCUT2D eigenvalue weighted by atomic mass is 16.5. The second-order valence-electron chi connectivity index (χ2n) is 6.92. The molecule has 7 heteroatoms. The van der Waals surface area contributed by atoms with Crippen LogP contribution in [0.4, 0.5) is 0 Å². The predicted molar refractivity (Wildman–Crippen MR) is 108 cm³/mol. The third-order valence-electron chi connectivity index (χ3n) is 5.21. The highest BCUT2D eigenvalue weighted by Gasteiger charge is 2.41. The van der Waals surface area contributed by atoms with Gasteiger partial charge >= 0.3 is 0 Å². The van der Waals surface area contributed by atoms with E-state index < -0.39 is 0 Å². The molecule has 1 atom stereocenters. The van der Waals surface area contributed by atoms with Crippen LogP contribution in [0.3, 0.4) is 0 Å². The molecule has 150 valence electrons. The zero-order chi connectivity index (χ0) is 20.5. The minimum atomic E-state index is -0.317. The van der Waals surface area contributed by atoms with Gasteiger partial charge in [-0.25, -0.2) is 0 Å². The lowest BCUT2D eigenvalue weighted by Gasteiger charge is -2.26. The van der Waals surface area contributed by atoms with E-state index in [1.165, 1.54) is 7.11 Å². The van der Waals surface area contributed by atoms with Crippen molar-refractivity contribution in [2.45, 2.75) is 19.4 Å². The highest BCUT2D eigenvalue weighted by molar-refractivity contribution is 6.00. The molecule has 2 N–H and O–H groups in total. The van der Waals surface area contributed by atoms with Gasteiger partial charge in [0.2, 0.25) is 0 Å². The van der Waals surface area contributed by atoms with Crippen LogP contribution in [-0.4, -0.2) is 46.9 Å². The minimum absolute atomic E-state index is 0.0606. The van der Waals surface area contributed by atoms with E-state index in [0.29, 0.717) is 18.0 Å². The maximum Gasteiger partial charge on any atom is 0.273 e. The summed E-state index contributed by atoms with van der Waals surface area (Å²) in [5.74, 6) is 1.11. The lowest BCUT2D eigenvalue weighted by atomic mass is 9.95. The largest absolute Gasteiger partial charge is 0.504 e. The third-order valence-corrected chi connectivity index (χ3v) is 5.21. The molecule has 0 unspecified atom stereocenters. The number of nitrogens with zero attached hydrogens (tertiary/aromatic N) is 2. The Morgan fingerprint density at radius 3 is 2.55 bits per heavy atom. The molecular formula is C22H23N3O4. The van der Waals surface area contributed by atoms with Crippen LogP contribution in [0.2, 0.25) is 0 Å². The number of carbonyl (C=O) groups is 1. The minimum Gasteiger partial charge on any atom is -0.504 e. The number of rotatable bonds is 6. The molecular weight excluding hydrogens is 370 g/mol. The molecule has 1 aliphatic heterocycles. The first-order valence-corrected chi connectivity index (χ1v) is 9.49. The van der Waals surface area contributed by atoms with Crippen LogP contribution < -0.4 is 9.47 Å². The number of aromatic amines is 1. The molecule has 0 spiro atoms. The molecule has 2 heterocycles. The summed E-state index contributed by atoms with van der Waals surface area (Å²) in [5, 5.41) is 17.4. The standard InChI is InChI=1S/C22H23N3O4/c1-4-11-25-21(14-7-10-16(26)17(12-14)29-3)18-19(23-24-20(18)22(25)27)13-5-8-15(28-2)9-6-13/h5-10,12,21,26H,4,11H2,1-3H3,(H,23,24)/t21-/m0/s1. The molecule has 1 aliphatic rings. The monoisotopic (exact) mass is 393 g/mol. The summed E-state index contributed by atoms with van der Waals surface area (Å²) in [6, 6.07) is 12.5. The lowest BCUT2D eigenvalue weighted by molar-refractivity contribution is 0.0744. The summed E-state index contributed by atoms with van der Waals surface area (Å²) in [7, 11) is 3.13. The predicted octanol–water partition coefficient (Wildman–Crippen LogP) is 3.75. The average Bonchev–Trinajstić information content (AvgIpc) is 3.29. The van der Waals surface area contributed by atoms with Gasteiger partial charge in [-0.3, -0.25) is 9.89 Å². The number of benzene rings is 2. The molecule has 0 radical (unpaired) electrons. The number of methoxy groups -OCH3 is 2. The van der Waals surface area contributed by atoms with E-state index in [-0.39, 0.29) is 17.7 Å². The van der Waals surface area contributed by atoms with Gasteiger partial charge in [0.05, 0.1) is 26.0 Å². The smallest absolute Gasteiger partial charge is 0.273 e. The molecule has 4 rings (SSSR count). The van der Waals surface area contributed by atoms with Crippen LogP contribution in [0, 0.1) is 0 Å². The van der Waals surface area contributed by atoms with Gasteiger partial charge in [0.15, 0.2) is 11.5 Å². The van der Waals surface area contributed by atoms with Crippen molar-refractivity contribution in [2.75, 3.05) is 20.8 Å². The summed E-state index contributed by atoms with van der Waals surface area (Å²) >= 11 is 0. The Bertz CT molecular complexity index is 1040. The molecule has 0 fully saturated rings. The van der Waals surface area contributed by atoms with Gasteiger partial charge in [-0.2, -0.15) is 5.10 Å². The van der Waals surface area contributed by atoms with E-state index in [4.69, 9.17) is 9.47 Å². The number of nitrogens with one attached hydrogen (secondary N) is 1. The number of phenolic OH excluding ortho intramolecular Hbond substituents is 1. The average molecular weight is 393 g/mol. The number of aromatic hydroxyl groups is 1. The van der Waals surface area contributed by atoms with Crippen LogP contribution in [0.5, 0.6) is 17.2 Å². The molecule has 3 aromatic rings. The van der Waals surface area contributed by atoms with Gasteiger partial charge in [0.25, 0.3) is 5.91 Å². The van der Waals surface area contributed by atoms with Crippen LogP contribution >= 0.6 is 0 Å². The maximum atomic E-state index is 13.1. The van der Waals surface area contributed by atoms with Crippen molar-refractivity contribution >= 4 is 5.91 Å². The van der Waals surface area contributed by atoms with E-state index in [2.05, 4.69) is 10.2 Å². The van der Waals surface area contributed by atoms with Crippen molar-refractivity contribution in [3.8, 4) is 28.5 Å². The van der Waals surface area contributed by atoms with Crippen molar-refractivity contribution in [3.63, 3.8) is 0 Å². The number of phenols is 1. The number of fused-ring (bicyclic) bond motifs is 1. The van der Waals surface area contributed by atoms with Crippen molar-refractivity contribution in [1.82, 2.24) is 15.1 Å². The number of hydrogen-bond acceptors (Lipinski definition) is 5. The molecule has 1 amide bonds. The highest BCUT2D eigenvalue weighted by Crippen LogP contribution is 2.44. The molecule has 0 aliphatic carbocycles. The number of hydrogen-bond donors (Lipinski definition) is 2. The lowest BCUT2D eigenvalue weighted by Crippen LogP contribution is -2.30. The van der Waals surface area contributed by atoms with Gasteiger partial charge < -0.3 is 19.5 Å². The fourth-order valence-electron chi connectivity index (χ4n) is 3.85.